The summed E-state index contributed by atoms with van der Waals surface area (Å²) in [5.41, 5.74) is -2.16. The molecule has 1 saturated heterocycles. The summed E-state index contributed by atoms with van der Waals surface area (Å²) in [6.07, 6.45) is 1.26. The number of anilines is 1. The summed E-state index contributed by atoms with van der Waals surface area (Å²) in [6.45, 7) is -0.478. The van der Waals surface area contributed by atoms with Crippen LogP contribution in [-0.4, -0.2) is 38.8 Å². The van der Waals surface area contributed by atoms with Gasteiger partial charge in [0.25, 0.3) is 10.0 Å². The van der Waals surface area contributed by atoms with Gasteiger partial charge in [-0.3, -0.25) is 4.72 Å². The van der Waals surface area contributed by atoms with E-state index in [4.69, 9.17) is 15.8 Å². The highest BCUT2D eigenvalue weighted by Crippen LogP contribution is 2.35. The molecule has 1 aliphatic heterocycles. The number of hydrogen-bond donors (Lipinski definition) is 1. The molecule has 1 heterocycles. The second kappa shape index (κ2) is 7.68. The number of piperidine rings is 1. The minimum atomic E-state index is -5.90. The molecule has 0 atom stereocenters. The molecule has 1 N–H and O–H groups in total. The Morgan fingerprint density at radius 2 is 1.43 bits per heavy atom. The fourth-order valence-corrected chi connectivity index (χ4v) is 5.78. The predicted octanol–water partition coefficient (Wildman–Crippen LogP) is 1.41. The summed E-state index contributed by atoms with van der Waals surface area (Å²) < 4.78 is 74.6. The van der Waals surface area contributed by atoms with Crippen molar-refractivity contribution in [3.05, 3.63) is 28.8 Å². The zero-order valence-electron chi connectivity index (χ0n) is 14.2. The fraction of sp³-hybridized carbons (Fsp3) is 0.400. The van der Waals surface area contributed by atoms with Crippen LogP contribution in [0.25, 0.3) is 0 Å². The quantitative estimate of drug-likeness (QED) is 0.742. The number of nitrogens with one attached hydrogen (secondary N) is 1. The molecule has 13 heteroatoms. The maximum absolute atomic E-state index is 14.6. The number of nitrogens with zero attached hydrogens (tertiary/aromatic N) is 4. The number of alkyl halides is 2. The van der Waals surface area contributed by atoms with Crippen LogP contribution < -0.4 is 4.72 Å². The van der Waals surface area contributed by atoms with E-state index < -0.39 is 41.4 Å². The third-order valence-corrected chi connectivity index (χ3v) is 8.05. The van der Waals surface area contributed by atoms with E-state index in [0.717, 1.165) is 12.1 Å². The number of benzene rings is 1. The van der Waals surface area contributed by atoms with Crippen LogP contribution in [0.3, 0.4) is 0 Å². The van der Waals surface area contributed by atoms with Crippen LogP contribution in [0.2, 0.25) is 0 Å². The normalized spacial score (nSPS) is 15.8. The first-order valence-electron chi connectivity index (χ1n) is 7.80. The molecule has 1 aliphatic rings. The molecule has 0 saturated carbocycles. The van der Waals surface area contributed by atoms with Crippen molar-refractivity contribution in [1.29, 1.82) is 15.8 Å². The second-order valence-corrected chi connectivity index (χ2v) is 9.78. The Labute approximate surface area is 160 Å². The lowest BCUT2D eigenvalue weighted by Crippen LogP contribution is -2.51. The van der Waals surface area contributed by atoms with Gasteiger partial charge in [-0.2, -0.15) is 37.3 Å². The topological polar surface area (TPSA) is 155 Å². The monoisotopic (exact) mass is 429 g/mol. The lowest BCUT2D eigenvalue weighted by atomic mass is 10.1. The minimum Gasteiger partial charge on any atom is -0.275 e. The van der Waals surface area contributed by atoms with E-state index in [2.05, 4.69) is 0 Å². The molecule has 1 fully saturated rings. The molecule has 0 radical (unpaired) electrons. The molecule has 0 bridgehead atoms. The number of hydrogen-bond acceptors (Lipinski definition) is 7. The van der Waals surface area contributed by atoms with Gasteiger partial charge in [0.05, 0.1) is 28.4 Å². The minimum absolute atomic E-state index is 0.177. The zero-order chi connectivity index (χ0) is 21.2. The van der Waals surface area contributed by atoms with Gasteiger partial charge in [0, 0.05) is 13.1 Å². The Hall–Kier alpha value is -2.79. The van der Waals surface area contributed by atoms with Crippen LogP contribution in [0.4, 0.5) is 14.5 Å². The van der Waals surface area contributed by atoms with Crippen LogP contribution in [0.5, 0.6) is 0 Å². The van der Waals surface area contributed by atoms with E-state index in [0.29, 0.717) is 23.6 Å². The SMILES string of the molecule is N#Cc1cc(C#N)c(NS(=O)(=O)C(F)(F)S(=O)(=O)N2CCCCC2)c(C#N)c1. The van der Waals surface area contributed by atoms with Crippen molar-refractivity contribution in [3.63, 3.8) is 0 Å². The Kier molecular flexibility index (Phi) is 5.90. The molecule has 148 valence electrons. The molecular formula is C15H13F2N5O4S2. The molecule has 0 amide bonds. The lowest BCUT2D eigenvalue weighted by Gasteiger charge is -2.29. The van der Waals surface area contributed by atoms with Gasteiger partial charge >= 0.3 is 14.6 Å². The van der Waals surface area contributed by atoms with Crippen molar-refractivity contribution in [2.45, 2.75) is 23.8 Å². The van der Waals surface area contributed by atoms with Crippen LogP contribution in [0.15, 0.2) is 12.1 Å². The van der Waals surface area contributed by atoms with Crippen LogP contribution in [-0.2, 0) is 20.0 Å². The highest BCUT2D eigenvalue weighted by atomic mass is 32.3. The van der Waals surface area contributed by atoms with Gasteiger partial charge in [0.15, 0.2) is 0 Å². The number of nitriles is 3. The van der Waals surface area contributed by atoms with E-state index in [1.165, 1.54) is 16.9 Å². The third kappa shape index (κ3) is 3.62. The van der Waals surface area contributed by atoms with Crippen LogP contribution >= 0.6 is 0 Å². The van der Waals surface area contributed by atoms with Gasteiger partial charge in [0.2, 0.25) is 0 Å². The Morgan fingerprint density at radius 1 is 0.929 bits per heavy atom. The molecule has 0 spiro atoms. The predicted molar refractivity (Wildman–Crippen MR) is 92.4 cm³/mol. The number of halogens is 2. The summed E-state index contributed by atoms with van der Waals surface area (Å²) in [7, 11) is -11.5. The van der Waals surface area contributed by atoms with Crippen LogP contribution in [0, 0.1) is 34.0 Å². The molecule has 0 unspecified atom stereocenters. The molecule has 0 aromatic heterocycles. The zero-order valence-corrected chi connectivity index (χ0v) is 15.8. The maximum Gasteiger partial charge on any atom is 0.478 e. The first kappa shape index (κ1) is 21.5. The van der Waals surface area contributed by atoms with Crippen LogP contribution in [0.1, 0.15) is 36.0 Å². The smallest absolute Gasteiger partial charge is 0.275 e. The summed E-state index contributed by atoms with van der Waals surface area (Å²) in [5, 5.41) is 27.1. The maximum atomic E-state index is 14.6. The Morgan fingerprint density at radius 3 is 1.86 bits per heavy atom. The molecule has 0 aliphatic carbocycles. The molecule has 1 aromatic carbocycles. The molecule has 9 nitrogen and oxygen atoms in total. The number of rotatable bonds is 5. The van der Waals surface area contributed by atoms with Gasteiger partial charge in [-0.1, -0.05) is 6.42 Å². The van der Waals surface area contributed by atoms with E-state index in [9.17, 15) is 25.6 Å². The molecule has 1 aromatic rings. The van der Waals surface area contributed by atoms with Crippen molar-refractivity contribution >= 4 is 25.7 Å². The Bertz CT molecular complexity index is 1090. The van der Waals surface area contributed by atoms with E-state index in [1.807, 2.05) is 0 Å². The third-order valence-electron chi connectivity index (χ3n) is 4.01. The average Bonchev–Trinajstić information content (AvgIpc) is 2.68. The fourth-order valence-electron chi connectivity index (χ4n) is 2.58. The van der Waals surface area contributed by atoms with E-state index in [1.54, 1.807) is 6.07 Å². The van der Waals surface area contributed by atoms with Crippen molar-refractivity contribution in [2.75, 3.05) is 17.8 Å². The van der Waals surface area contributed by atoms with Crippen molar-refractivity contribution in [3.8, 4) is 18.2 Å². The Balaban J connectivity index is 2.53. The molecular weight excluding hydrogens is 416 g/mol. The van der Waals surface area contributed by atoms with E-state index in [-0.39, 0.29) is 18.7 Å². The lowest BCUT2D eigenvalue weighted by molar-refractivity contribution is 0.166. The number of sulfonamides is 2. The first-order valence-corrected chi connectivity index (χ1v) is 10.7. The molecule has 28 heavy (non-hydrogen) atoms. The van der Waals surface area contributed by atoms with Gasteiger partial charge in [-0.05, 0) is 25.0 Å². The van der Waals surface area contributed by atoms with Gasteiger partial charge in [-0.25, -0.2) is 8.42 Å². The summed E-state index contributed by atoms with van der Waals surface area (Å²) in [5.74, 6) is 0. The molecule has 2 rings (SSSR count). The van der Waals surface area contributed by atoms with Gasteiger partial charge in [-0.15, -0.1) is 0 Å². The highest BCUT2D eigenvalue weighted by Gasteiger charge is 2.60. The van der Waals surface area contributed by atoms with Gasteiger partial charge in [0.1, 0.15) is 12.1 Å². The summed E-state index contributed by atoms with van der Waals surface area (Å²) >= 11 is 0. The van der Waals surface area contributed by atoms with Crippen molar-refractivity contribution in [1.82, 2.24) is 4.31 Å². The van der Waals surface area contributed by atoms with Gasteiger partial charge < -0.3 is 0 Å². The largest absolute Gasteiger partial charge is 0.478 e. The standard InChI is InChI=1S/C15H13F2N5O4S2/c16-15(17,28(25,26)22-4-2-1-3-5-22)27(23,24)21-14-12(9-19)6-11(8-18)7-13(14)10-20/h6-7,21H,1-5H2. The summed E-state index contributed by atoms with van der Waals surface area (Å²) in [4.78, 5) is 0. The highest BCUT2D eigenvalue weighted by molar-refractivity contribution is 8.09. The second-order valence-electron chi connectivity index (χ2n) is 5.82. The summed E-state index contributed by atoms with van der Waals surface area (Å²) in [6, 6.07) is 6.38. The van der Waals surface area contributed by atoms with Crippen molar-refractivity contribution in [2.24, 2.45) is 0 Å². The average molecular weight is 429 g/mol. The van der Waals surface area contributed by atoms with E-state index >= 15 is 0 Å². The first-order chi connectivity index (χ1) is 13.0. The van der Waals surface area contributed by atoms with Crippen molar-refractivity contribution < 1.29 is 25.6 Å².